The van der Waals surface area contributed by atoms with Crippen molar-refractivity contribution in [3.8, 4) is 0 Å². The maximum Gasteiger partial charge on any atom is 0.435 e. The van der Waals surface area contributed by atoms with Gasteiger partial charge in [-0.3, -0.25) is 4.90 Å². The molecule has 0 saturated carbocycles. The molecule has 0 aliphatic carbocycles. The zero-order valence-electron chi connectivity index (χ0n) is 19.2. The Morgan fingerprint density at radius 1 is 1.19 bits per heavy atom. The van der Waals surface area contributed by atoms with Gasteiger partial charge in [0, 0.05) is 31.3 Å². The van der Waals surface area contributed by atoms with Crippen LogP contribution in [0.15, 0.2) is 35.5 Å². The highest BCUT2D eigenvalue weighted by molar-refractivity contribution is 7.90. The average Bonchev–Trinajstić information content (AvgIpc) is 3.37. The fourth-order valence-corrected chi connectivity index (χ4v) is 6.18. The number of alkyl halides is 3. The average molecular weight is 583 g/mol. The number of aliphatic hydroxyl groups is 1. The molecule has 0 bridgehead atoms. The summed E-state index contributed by atoms with van der Waals surface area (Å²) in [5.41, 5.74) is -2.16. The van der Waals surface area contributed by atoms with Crippen molar-refractivity contribution in [3.05, 3.63) is 68.4 Å². The Morgan fingerprint density at radius 2 is 1.84 bits per heavy atom. The van der Waals surface area contributed by atoms with Gasteiger partial charge in [0.05, 0.1) is 28.1 Å². The number of hydrogen-bond donors (Lipinski definition) is 1. The highest BCUT2D eigenvalue weighted by Crippen LogP contribution is 2.51. The molecule has 3 aliphatic heterocycles. The molecule has 1 fully saturated rings. The van der Waals surface area contributed by atoms with Gasteiger partial charge in [-0.15, -0.1) is 0 Å². The van der Waals surface area contributed by atoms with Crippen LogP contribution in [0.1, 0.15) is 28.7 Å². The molecule has 2 atom stereocenters. The van der Waals surface area contributed by atoms with Crippen molar-refractivity contribution >= 4 is 38.8 Å². The normalized spacial score (nSPS) is 23.9. The number of fused-ring (bicyclic) bond motifs is 2. The number of hydrogen-bond acceptors (Lipinski definition) is 7. The van der Waals surface area contributed by atoms with Crippen LogP contribution >= 0.6 is 23.2 Å². The van der Waals surface area contributed by atoms with Crippen molar-refractivity contribution < 1.29 is 40.7 Å². The standard InChI is InChI=1S/C23H20Cl2F4N2O5S/c1-37(33,34)9-19(32)31-10-21(11-31)15-3-2-12(4-13(15)8-35-21)18-7-22(36-30-18,23(27,28)29)14-5-16(24)20(26)17(25)6-14/h2-6,19,32H,7-11H2,1H3/t19?,22-/m0/s1. The van der Waals surface area contributed by atoms with E-state index in [0.717, 1.165) is 29.5 Å². The minimum atomic E-state index is -4.92. The number of sulfone groups is 1. The van der Waals surface area contributed by atoms with Crippen molar-refractivity contribution in [2.45, 2.75) is 36.6 Å². The Morgan fingerprint density at radius 3 is 2.43 bits per heavy atom. The van der Waals surface area contributed by atoms with Crippen LogP contribution in [0.4, 0.5) is 17.6 Å². The van der Waals surface area contributed by atoms with Gasteiger partial charge in [-0.05, 0) is 34.9 Å². The minimum absolute atomic E-state index is 0.0245. The van der Waals surface area contributed by atoms with Crippen molar-refractivity contribution in [3.63, 3.8) is 0 Å². The topological polar surface area (TPSA) is 88.4 Å². The largest absolute Gasteiger partial charge is 0.435 e. The van der Waals surface area contributed by atoms with E-state index in [0.29, 0.717) is 5.56 Å². The van der Waals surface area contributed by atoms with E-state index in [2.05, 4.69) is 5.16 Å². The number of oxime groups is 1. The lowest BCUT2D eigenvalue weighted by Gasteiger charge is -2.49. The highest BCUT2D eigenvalue weighted by atomic mass is 35.5. The molecule has 14 heteroatoms. The Hall–Kier alpha value is -1.96. The Balaban J connectivity index is 1.38. The molecule has 200 valence electrons. The quantitative estimate of drug-likeness (QED) is 0.421. The molecular formula is C23H20Cl2F4N2O5S. The van der Waals surface area contributed by atoms with E-state index in [-0.39, 0.29) is 25.4 Å². The first-order valence-corrected chi connectivity index (χ1v) is 13.8. The van der Waals surface area contributed by atoms with Gasteiger partial charge in [0.25, 0.3) is 5.60 Å². The van der Waals surface area contributed by atoms with Crippen LogP contribution in [0.5, 0.6) is 0 Å². The van der Waals surface area contributed by atoms with Crippen LogP contribution in [-0.2, 0) is 37.2 Å². The summed E-state index contributed by atoms with van der Waals surface area (Å²) in [5, 5.41) is 12.8. The lowest BCUT2D eigenvalue weighted by molar-refractivity contribution is -0.275. The molecule has 0 amide bonds. The van der Waals surface area contributed by atoms with Gasteiger partial charge >= 0.3 is 6.18 Å². The van der Waals surface area contributed by atoms with E-state index in [1.54, 1.807) is 23.1 Å². The maximum absolute atomic E-state index is 14.3. The van der Waals surface area contributed by atoms with Gasteiger partial charge in [-0.1, -0.05) is 40.5 Å². The highest BCUT2D eigenvalue weighted by Gasteiger charge is 2.62. The first-order valence-electron chi connectivity index (χ1n) is 11.0. The molecule has 3 heterocycles. The molecule has 0 aromatic heterocycles. The van der Waals surface area contributed by atoms with E-state index in [9.17, 15) is 31.1 Å². The fourth-order valence-electron chi connectivity index (χ4n) is 4.94. The van der Waals surface area contributed by atoms with Crippen LogP contribution in [0, 0.1) is 5.82 Å². The van der Waals surface area contributed by atoms with Crippen molar-refractivity contribution in [1.29, 1.82) is 0 Å². The Kier molecular flexibility index (Phi) is 6.32. The monoisotopic (exact) mass is 582 g/mol. The van der Waals surface area contributed by atoms with Crippen LogP contribution in [0.3, 0.4) is 0 Å². The second kappa shape index (κ2) is 8.78. The number of aliphatic hydroxyl groups excluding tert-OH is 1. The first-order chi connectivity index (χ1) is 17.1. The summed E-state index contributed by atoms with van der Waals surface area (Å²) in [6.07, 6.45) is -5.74. The summed E-state index contributed by atoms with van der Waals surface area (Å²) in [7, 11) is -3.37. The molecule has 7 nitrogen and oxygen atoms in total. The minimum Gasteiger partial charge on any atom is -0.377 e. The molecule has 2 aromatic rings. The second-order valence-electron chi connectivity index (χ2n) is 9.52. The Labute approximate surface area is 219 Å². The predicted molar refractivity (Wildman–Crippen MR) is 127 cm³/mol. The molecule has 3 aliphatic rings. The number of ether oxygens (including phenoxy) is 1. The maximum atomic E-state index is 14.3. The molecule has 37 heavy (non-hydrogen) atoms. The van der Waals surface area contributed by atoms with Gasteiger partial charge < -0.3 is 14.7 Å². The Bertz CT molecular complexity index is 1390. The van der Waals surface area contributed by atoms with Crippen LogP contribution in [-0.4, -0.2) is 61.6 Å². The van der Waals surface area contributed by atoms with E-state index >= 15 is 0 Å². The first kappa shape index (κ1) is 26.6. The van der Waals surface area contributed by atoms with Gasteiger partial charge in [0.1, 0.15) is 11.8 Å². The summed E-state index contributed by atoms with van der Waals surface area (Å²) in [6.45, 7) is 0.716. The smallest absolute Gasteiger partial charge is 0.377 e. The van der Waals surface area contributed by atoms with Crippen LogP contribution in [0.25, 0.3) is 0 Å². The summed E-state index contributed by atoms with van der Waals surface area (Å²) in [5.74, 6) is -1.44. The van der Waals surface area contributed by atoms with Crippen molar-refractivity contribution in [1.82, 2.24) is 4.90 Å². The lowest BCUT2D eigenvalue weighted by Crippen LogP contribution is -2.63. The lowest BCUT2D eigenvalue weighted by atomic mass is 9.83. The molecule has 1 spiro atoms. The number of benzene rings is 2. The van der Waals surface area contributed by atoms with E-state index in [1.165, 1.54) is 0 Å². The van der Waals surface area contributed by atoms with Crippen LogP contribution in [0.2, 0.25) is 10.0 Å². The third-order valence-electron chi connectivity index (χ3n) is 6.86. The number of halogens is 6. The molecule has 1 N–H and O–H groups in total. The van der Waals surface area contributed by atoms with E-state index < -0.39 is 67.0 Å². The SMILES string of the molecule is CS(=O)(=O)CC(O)N1CC2(C1)OCc1cc(C3=NO[C@@](c4cc(Cl)c(F)c(Cl)c4)(C(F)(F)F)C3)ccc12. The van der Waals surface area contributed by atoms with Gasteiger partial charge in [0.2, 0.25) is 0 Å². The van der Waals surface area contributed by atoms with Crippen molar-refractivity contribution in [2.24, 2.45) is 5.16 Å². The summed E-state index contributed by atoms with van der Waals surface area (Å²) < 4.78 is 85.6. The number of likely N-dealkylation sites (tertiary alicyclic amines) is 1. The van der Waals surface area contributed by atoms with Gasteiger partial charge in [-0.2, -0.15) is 13.2 Å². The van der Waals surface area contributed by atoms with Crippen LogP contribution < -0.4 is 0 Å². The summed E-state index contributed by atoms with van der Waals surface area (Å²) in [4.78, 5) is 6.57. The van der Waals surface area contributed by atoms with Gasteiger partial charge in [0.15, 0.2) is 15.7 Å². The van der Waals surface area contributed by atoms with Gasteiger partial charge in [-0.25, -0.2) is 12.8 Å². The molecule has 1 unspecified atom stereocenters. The second-order valence-corrected chi connectivity index (χ2v) is 12.5. The molecule has 2 aromatic carbocycles. The number of nitrogens with zero attached hydrogens (tertiary/aromatic N) is 2. The molecule has 0 radical (unpaired) electrons. The zero-order valence-corrected chi connectivity index (χ0v) is 21.5. The zero-order chi connectivity index (χ0) is 27.0. The third-order valence-corrected chi connectivity index (χ3v) is 8.31. The molecule has 5 rings (SSSR count). The van der Waals surface area contributed by atoms with Crippen molar-refractivity contribution in [2.75, 3.05) is 25.1 Å². The molecular weight excluding hydrogens is 563 g/mol. The third kappa shape index (κ3) is 4.51. The fraction of sp³-hybridized carbons (Fsp3) is 0.435. The predicted octanol–water partition coefficient (Wildman–Crippen LogP) is 4.12. The number of rotatable bonds is 5. The van der Waals surface area contributed by atoms with E-state index in [1.807, 2.05) is 0 Å². The summed E-state index contributed by atoms with van der Waals surface area (Å²) >= 11 is 11.5. The van der Waals surface area contributed by atoms with E-state index in [4.69, 9.17) is 32.8 Å². The molecule has 1 saturated heterocycles. The summed E-state index contributed by atoms with van der Waals surface area (Å²) in [6, 6.07) is 6.65.